The highest BCUT2D eigenvalue weighted by Crippen LogP contribution is 2.14. The Labute approximate surface area is 151 Å². The van der Waals surface area contributed by atoms with E-state index in [2.05, 4.69) is 38.4 Å². The second kappa shape index (κ2) is 10.5. The molecule has 0 atom stereocenters. The average molecular weight is 352 g/mol. The first kappa shape index (κ1) is 19.0. The first-order valence-corrected chi connectivity index (χ1v) is 9.23. The van der Waals surface area contributed by atoms with Crippen molar-refractivity contribution in [2.24, 2.45) is 4.99 Å². The Balaban J connectivity index is 1.62. The Morgan fingerprint density at radius 3 is 2.42 bits per heavy atom. The Morgan fingerprint density at radius 1 is 1.08 bits per heavy atom. The molecule has 1 aliphatic rings. The van der Waals surface area contributed by atoms with Crippen LogP contribution in [0.15, 0.2) is 29.3 Å². The molecule has 0 bridgehead atoms. The lowest BCUT2D eigenvalue weighted by molar-refractivity contribution is 0.139. The molecular weight excluding hydrogens is 322 g/mol. The molecule has 1 heterocycles. The van der Waals surface area contributed by atoms with Gasteiger partial charge in [0.25, 0.3) is 0 Å². The summed E-state index contributed by atoms with van der Waals surface area (Å²) >= 11 is 6.18. The van der Waals surface area contributed by atoms with Crippen LogP contribution in [-0.4, -0.2) is 75.2 Å². The fourth-order valence-electron chi connectivity index (χ4n) is 2.90. The minimum atomic E-state index is 0.818. The van der Waals surface area contributed by atoms with E-state index < -0.39 is 0 Å². The van der Waals surface area contributed by atoms with Gasteiger partial charge in [-0.2, -0.15) is 0 Å². The van der Waals surface area contributed by atoms with Gasteiger partial charge in [-0.15, -0.1) is 0 Å². The smallest absolute Gasteiger partial charge is 0.191 e. The molecule has 0 saturated carbocycles. The quantitative estimate of drug-likeness (QED) is 0.579. The molecule has 0 radical (unpaired) electrons. The van der Waals surface area contributed by atoms with Crippen molar-refractivity contribution in [2.45, 2.75) is 13.3 Å². The monoisotopic (exact) mass is 351 g/mol. The lowest BCUT2D eigenvalue weighted by atomic mass is 10.1. The minimum absolute atomic E-state index is 0.818. The van der Waals surface area contributed by atoms with Gasteiger partial charge in [-0.3, -0.25) is 9.89 Å². The van der Waals surface area contributed by atoms with Crippen molar-refractivity contribution in [1.29, 1.82) is 0 Å². The maximum Gasteiger partial charge on any atom is 0.191 e. The highest BCUT2D eigenvalue weighted by atomic mass is 35.5. The third-order valence-corrected chi connectivity index (χ3v) is 4.87. The van der Waals surface area contributed by atoms with Crippen LogP contribution in [0.25, 0.3) is 0 Å². The van der Waals surface area contributed by atoms with E-state index in [1.165, 1.54) is 13.1 Å². The van der Waals surface area contributed by atoms with Crippen LogP contribution in [0.3, 0.4) is 0 Å². The average Bonchev–Trinajstić information content (AvgIpc) is 2.62. The van der Waals surface area contributed by atoms with Crippen LogP contribution in [0.2, 0.25) is 5.02 Å². The summed E-state index contributed by atoms with van der Waals surface area (Å²) < 4.78 is 0. The summed E-state index contributed by atoms with van der Waals surface area (Å²) in [6, 6.07) is 7.98. The topological polar surface area (TPSA) is 42.9 Å². The zero-order valence-electron chi connectivity index (χ0n) is 14.9. The van der Waals surface area contributed by atoms with E-state index in [1.54, 1.807) is 0 Å². The summed E-state index contributed by atoms with van der Waals surface area (Å²) in [5.74, 6) is 0.856. The molecule has 1 fully saturated rings. The molecule has 6 heteroatoms. The standard InChI is InChI=1S/C18H30ClN5/c1-3-23-12-14-24(15-13-23)11-10-22-18(20-2)21-9-8-16-6-4-5-7-17(16)19/h4-7H,3,8-15H2,1-2H3,(H2,20,21,22). The van der Waals surface area contributed by atoms with Gasteiger partial charge < -0.3 is 15.5 Å². The van der Waals surface area contributed by atoms with Crippen LogP contribution in [0.1, 0.15) is 12.5 Å². The zero-order chi connectivity index (χ0) is 17.2. The van der Waals surface area contributed by atoms with Gasteiger partial charge in [0.1, 0.15) is 0 Å². The number of benzene rings is 1. The number of aliphatic imine (C=N–C) groups is 1. The minimum Gasteiger partial charge on any atom is -0.356 e. The van der Waals surface area contributed by atoms with Crippen LogP contribution >= 0.6 is 11.6 Å². The Morgan fingerprint density at radius 2 is 1.75 bits per heavy atom. The maximum absolute atomic E-state index is 6.18. The van der Waals surface area contributed by atoms with Crippen LogP contribution in [0.5, 0.6) is 0 Å². The van der Waals surface area contributed by atoms with Gasteiger partial charge in [-0.25, -0.2) is 0 Å². The van der Waals surface area contributed by atoms with E-state index in [0.29, 0.717) is 0 Å². The number of nitrogens with one attached hydrogen (secondary N) is 2. The van der Waals surface area contributed by atoms with Crippen molar-refractivity contribution in [3.63, 3.8) is 0 Å². The predicted molar refractivity (Wildman–Crippen MR) is 103 cm³/mol. The van der Waals surface area contributed by atoms with E-state index in [4.69, 9.17) is 11.6 Å². The van der Waals surface area contributed by atoms with E-state index in [1.807, 2.05) is 25.2 Å². The lowest BCUT2D eigenvalue weighted by Gasteiger charge is -2.34. The fourth-order valence-corrected chi connectivity index (χ4v) is 3.13. The van der Waals surface area contributed by atoms with Gasteiger partial charge in [0.05, 0.1) is 0 Å². The van der Waals surface area contributed by atoms with Crippen LogP contribution in [0, 0.1) is 0 Å². The van der Waals surface area contributed by atoms with E-state index in [-0.39, 0.29) is 0 Å². The molecule has 1 aromatic carbocycles. The zero-order valence-corrected chi connectivity index (χ0v) is 15.6. The maximum atomic E-state index is 6.18. The molecule has 1 aliphatic heterocycles. The molecule has 0 spiro atoms. The SMILES string of the molecule is CCN1CCN(CCNC(=NC)NCCc2ccccc2Cl)CC1. The van der Waals surface area contributed by atoms with Gasteiger partial charge in [0.2, 0.25) is 0 Å². The van der Waals surface area contributed by atoms with Gasteiger partial charge in [-0.05, 0) is 24.6 Å². The Bertz CT molecular complexity index is 512. The number of halogens is 1. The molecule has 0 aromatic heterocycles. The molecule has 2 rings (SSSR count). The van der Waals surface area contributed by atoms with Crippen molar-refractivity contribution >= 4 is 17.6 Å². The van der Waals surface area contributed by atoms with Crippen molar-refractivity contribution < 1.29 is 0 Å². The number of hydrogen-bond acceptors (Lipinski definition) is 3. The summed E-state index contributed by atoms with van der Waals surface area (Å²) in [6.07, 6.45) is 0.888. The summed E-state index contributed by atoms with van der Waals surface area (Å²) in [4.78, 5) is 9.29. The second-order valence-corrected chi connectivity index (χ2v) is 6.45. The molecule has 0 aliphatic carbocycles. The first-order chi connectivity index (χ1) is 11.7. The number of piperazine rings is 1. The molecule has 134 valence electrons. The third-order valence-electron chi connectivity index (χ3n) is 4.50. The number of hydrogen-bond donors (Lipinski definition) is 2. The second-order valence-electron chi connectivity index (χ2n) is 6.04. The molecule has 2 N–H and O–H groups in total. The number of likely N-dealkylation sites (N-methyl/N-ethyl adjacent to an activating group) is 1. The van der Waals surface area contributed by atoms with Crippen LogP contribution < -0.4 is 10.6 Å². The van der Waals surface area contributed by atoms with Crippen molar-refractivity contribution in [2.75, 3.05) is 59.4 Å². The molecule has 0 amide bonds. The summed E-state index contributed by atoms with van der Waals surface area (Å²) in [6.45, 7) is 10.9. The van der Waals surface area contributed by atoms with Crippen LogP contribution in [-0.2, 0) is 6.42 Å². The predicted octanol–water partition coefficient (Wildman–Crippen LogP) is 1.69. The Hall–Kier alpha value is -1.30. The first-order valence-electron chi connectivity index (χ1n) is 8.85. The van der Waals surface area contributed by atoms with Gasteiger partial charge >= 0.3 is 0 Å². The van der Waals surface area contributed by atoms with Crippen molar-refractivity contribution in [3.8, 4) is 0 Å². The molecule has 0 unspecified atom stereocenters. The lowest BCUT2D eigenvalue weighted by Crippen LogP contribution is -2.49. The van der Waals surface area contributed by atoms with Gasteiger partial charge in [0.15, 0.2) is 5.96 Å². The molecule has 5 nitrogen and oxygen atoms in total. The highest BCUT2D eigenvalue weighted by Gasteiger charge is 2.14. The van der Waals surface area contributed by atoms with Crippen molar-refractivity contribution in [1.82, 2.24) is 20.4 Å². The fraction of sp³-hybridized carbons (Fsp3) is 0.611. The number of nitrogens with zero attached hydrogens (tertiary/aromatic N) is 3. The van der Waals surface area contributed by atoms with Gasteiger partial charge in [0, 0.05) is 57.9 Å². The largest absolute Gasteiger partial charge is 0.356 e. The van der Waals surface area contributed by atoms with E-state index in [0.717, 1.165) is 62.2 Å². The molecule has 24 heavy (non-hydrogen) atoms. The Kier molecular flexibility index (Phi) is 8.36. The van der Waals surface area contributed by atoms with E-state index in [9.17, 15) is 0 Å². The van der Waals surface area contributed by atoms with Crippen LogP contribution in [0.4, 0.5) is 0 Å². The molecule has 1 aromatic rings. The summed E-state index contributed by atoms with van der Waals surface area (Å²) in [5, 5.41) is 7.57. The number of rotatable bonds is 7. The van der Waals surface area contributed by atoms with Gasteiger partial charge in [-0.1, -0.05) is 36.7 Å². The molecule has 1 saturated heterocycles. The summed E-state index contributed by atoms with van der Waals surface area (Å²) in [7, 11) is 1.81. The summed E-state index contributed by atoms with van der Waals surface area (Å²) in [5.41, 5.74) is 1.16. The van der Waals surface area contributed by atoms with Crippen molar-refractivity contribution in [3.05, 3.63) is 34.9 Å². The third kappa shape index (κ3) is 6.30. The highest BCUT2D eigenvalue weighted by molar-refractivity contribution is 6.31. The normalized spacial score (nSPS) is 17.0. The van der Waals surface area contributed by atoms with E-state index >= 15 is 0 Å². The number of guanidine groups is 1. The molecular formula is C18H30ClN5.